The number of likely N-dealkylation sites (tertiary alicyclic amines) is 1. The van der Waals surface area contributed by atoms with E-state index in [4.69, 9.17) is 0 Å². The van der Waals surface area contributed by atoms with Gasteiger partial charge >= 0.3 is 0 Å². The summed E-state index contributed by atoms with van der Waals surface area (Å²) in [7, 11) is 0. The molecule has 23 heavy (non-hydrogen) atoms. The van der Waals surface area contributed by atoms with Crippen LogP contribution in [0.5, 0.6) is 0 Å². The number of fused-ring (bicyclic) bond motifs is 1. The number of hydrogen-bond donors (Lipinski definition) is 0. The minimum atomic E-state index is 0.00579. The van der Waals surface area contributed by atoms with E-state index >= 15 is 0 Å². The Morgan fingerprint density at radius 2 is 2.22 bits per heavy atom. The quantitative estimate of drug-likeness (QED) is 0.724. The van der Waals surface area contributed by atoms with Crippen LogP contribution in [0.1, 0.15) is 46.5 Å². The number of aryl methyl sites for hydroxylation is 1. The summed E-state index contributed by atoms with van der Waals surface area (Å²) in [6.07, 6.45) is 6.89. The van der Waals surface area contributed by atoms with Crippen molar-refractivity contribution >= 4 is 22.9 Å². The largest absolute Gasteiger partial charge is 0.328 e. The Kier molecular flexibility index (Phi) is 3.61. The van der Waals surface area contributed by atoms with Crippen molar-refractivity contribution in [3.63, 3.8) is 0 Å². The molecule has 0 unspecified atom stereocenters. The molecule has 0 N–H and O–H groups in total. The van der Waals surface area contributed by atoms with Crippen molar-refractivity contribution in [2.24, 2.45) is 0 Å². The molecule has 1 fully saturated rings. The third-order valence-corrected chi connectivity index (χ3v) is 5.33. The minimum Gasteiger partial charge on any atom is -0.328 e. The first-order valence-corrected chi connectivity index (χ1v) is 8.77. The number of carbonyl (C=O) groups is 1. The van der Waals surface area contributed by atoms with E-state index < -0.39 is 0 Å². The molecule has 1 saturated heterocycles. The molecule has 6 heteroatoms. The third-order valence-electron chi connectivity index (χ3n) is 4.27. The van der Waals surface area contributed by atoms with Crippen LogP contribution >= 0.6 is 11.3 Å². The first-order chi connectivity index (χ1) is 11.2. The lowest BCUT2D eigenvalue weighted by molar-refractivity contribution is 0.0605. The fourth-order valence-electron chi connectivity index (χ4n) is 3.14. The molecule has 4 rings (SSSR count). The summed E-state index contributed by atoms with van der Waals surface area (Å²) in [5, 5.41) is 3.09. The maximum atomic E-state index is 13.0. The lowest BCUT2D eigenvalue weighted by atomic mass is 10.0. The van der Waals surface area contributed by atoms with Crippen LogP contribution in [-0.4, -0.2) is 31.7 Å². The lowest BCUT2D eigenvalue weighted by Gasteiger charge is -2.34. The Bertz CT molecular complexity index is 820. The van der Waals surface area contributed by atoms with E-state index in [-0.39, 0.29) is 11.9 Å². The molecule has 5 nitrogen and oxygen atoms in total. The van der Waals surface area contributed by atoms with Gasteiger partial charge in [-0.15, -0.1) is 11.3 Å². The van der Waals surface area contributed by atoms with Gasteiger partial charge in [-0.05, 0) is 38.3 Å². The van der Waals surface area contributed by atoms with Gasteiger partial charge in [0, 0.05) is 30.0 Å². The van der Waals surface area contributed by atoms with Gasteiger partial charge in [-0.2, -0.15) is 0 Å². The minimum absolute atomic E-state index is 0.00579. The molecule has 0 saturated carbocycles. The highest BCUT2D eigenvalue weighted by molar-refractivity contribution is 7.09. The number of hydrogen-bond acceptors (Lipinski definition) is 4. The summed E-state index contributed by atoms with van der Waals surface area (Å²) in [5.74, 6) is 0.00579. The van der Waals surface area contributed by atoms with E-state index in [1.165, 1.54) is 0 Å². The number of thiazole rings is 1. The molecule has 0 bridgehead atoms. The van der Waals surface area contributed by atoms with E-state index in [9.17, 15) is 4.79 Å². The highest BCUT2D eigenvalue weighted by Gasteiger charge is 2.31. The molecule has 0 aromatic carbocycles. The highest BCUT2D eigenvalue weighted by Crippen LogP contribution is 2.33. The Morgan fingerprint density at radius 3 is 3.00 bits per heavy atom. The first-order valence-electron chi connectivity index (χ1n) is 7.89. The van der Waals surface area contributed by atoms with Crippen LogP contribution in [0.15, 0.2) is 36.0 Å². The molecule has 1 amide bonds. The summed E-state index contributed by atoms with van der Waals surface area (Å²) < 4.78 is 1.89. The first kappa shape index (κ1) is 14.4. The van der Waals surface area contributed by atoms with Gasteiger partial charge < -0.3 is 9.30 Å². The van der Waals surface area contributed by atoms with E-state index in [1.54, 1.807) is 11.3 Å². The smallest absolute Gasteiger partial charge is 0.274 e. The normalized spacial score (nSPS) is 18.5. The zero-order valence-electron chi connectivity index (χ0n) is 13.0. The van der Waals surface area contributed by atoms with Gasteiger partial charge in [0.2, 0.25) is 0 Å². The maximum Gasteiger partial charge on any atom is 0.274 e. The molecule has 3 aromatic heterocycles. The summed E-state index contributed by atoms with van der Waals surface area (Å²) >= 11 is 1.65. The SMILES string of the molecule is Cc1csc([C@@H]2CCCCN2C(=O)c2cn3ccccc3n2)n1. The molecule has 1 aliphatic heterocycles. The van der Waals surface area contributed by atoms with Crippen molar-refractivity contribution in [2.75, 3.05) is 6.54 Å². The molecule has 118 valence electrons. The van der Waals surface area contributed by atoms with Gasteiger partial charge in [-0.25, -0.2) is 9.97 Å². The number of aromatic nitrogens is 3. The molecule has 1 aliphatic rings. The average Bonchev–Trinajstić information content (AvgIpc) is 3.20. The molecule has 3 aromatic rings. The Labute approximate surface area is 138 Å². The number of nitrogens with zero attached hydrogens (tertiary/aromatic N) is 4. The Balaban J connectivity index is 1.67. The number of carbonyl (C=O) groups excluding carboxylic acids is 1. The van der Waals surface area contributed by atoms with Crippen LogP contribution in [-0.2, 0) is 0 Å². The van der Waals surface area contributed by atoms with Gasteiger partial charge in [-0.1, -0.05) is 6.07 Å². The van der Waals surface area contributed by atoms with Crippen LogP contribution in [0.25, 0.3) is 5.65 Å². The number of amides is 1. The molecule has 0 aliphatic carbocycles. The zero-order chi connectivity index (χ0) is 15.8. The second-order valence-corrected chi connectivity index (χ2v) is 6.82. The summed E-state index contributed by atoms with van der Waals surface area (Å²) in [4.78, 5) is 24.0. The molecular formula is C17H18N4OS. The maximum absolute atomic E-state index is 13.0. The van der Waals surface area contributed by atoms with Gasteiger partial charge in [0.05, 0.1) is 6.04 Å². The third kappa shape index (κ3) is 2.63. The van der Waals surface area contributed by atoms with Crippen LogP contribution < -0.4 is 0 Å². The summed E-state index contributed by atoms with van der Waals surface area (Å²) in [5.41, 5.74) is 2.33. The van der Waals surface area contributed by atoms with Gasteiger partial charge in [0.15, 0.2) is 0 Å². The number of imidazole rings is 1. The second-order valence-electron chi connectivity index (χ2n) is 5.93. The zero-order valence-corrected chi connectivity index (χ0v) is 13.8. The Hall–Kier alpha value is -2.21. The van der Waals surface area contributed by atoms with Crippen LogP contribution in [0.2, 0.25) is 0 Å². The predicted molar refractivity (Wildman–Crippen MR) is 89.7 cm³/mol. The van der Waals surface area contributed by atoms with Crippen LogP contribution in [0, 0.1) is 6.92 Å². The predicted octanol–water partition coefficient (Wildman–Crippen LogP) is 3.47. The fraction of sp³-hybridized carbons (Fsp3) is 0.353. The monoisotopic (exact) mass is 326 g/mol. The highest BCUT2D eigenvalue weighted by atomic mass is 32.1. The van der Waals surface area contributed by atoms with Gasteiger partial charge in [0.1, 0.15) is 16.3 Å². The fourth-order valence-corrected chi connectivity index (χ4v) is 4.08. The lowest BCUT2D eigenvalue weighted by Crippen LogP contribution is -2.38. The molecule has 0 spiro atoms. The van der Waals surface area contributed by atoms with Crippen LogP contribution in [0.4, 0.5) is 0 Å². The standard InChI is InChI=1S/C17H18N4OS/c1-12-11-23-16(18-12)14-6-2-5-9-21(14)17(22)13-10-20-8-4-3-7-15(20)19-13/h3-4,7-8,10-11,14H,2,5-6,9H2,1H3/t14-/m0/s1. The van der Waals surface area contributed by atoms with Crippen molar-refractivity contribution in [2.45, 2.75) is 32.2 Å². The number of piperidine rings is 1. The van der Waals surface area contributed by atoms with Crippen molar-refractivity contribution in [1.29, 1.82) is 0 Å². The van der Waals surface area contributed by atoms with E-state index in [0.29, 0.717) is 5.69 Å². The Morgan fingerprint density at radius 1 is 1.30 bits per heavy atom. The van der Waals surface area contributed by atoms with Crippen molar-refractivity contribution in [3.8, 4) is 0 Å². The van der Waals surface area contributed by atoms with E-state index in [2.05, 4.69) is 15.3 Å². The number of pyridine rings is 1. The van der Waals surface area contributed by atoms with E-state index in [1.807, 2.05) is 46.8 Å². The number of rotatable bonds is 2. The molecule has 0 radical (unpaired) electrons. The molecular weight excluding hydrogens is 308 g/mol. The topological polar surface area (TPSA) is 50.5 Å². The second kappa shape index (κ2) is 5.77. The van der Waals surface area contributed by atoms with Crippen molar-refractivity contribution < 1.29 is 4.79 Å². The van der Waals surface area contributed by atoms with Crippen molar-refractivity contribution in [3.05, 3.63) is 52.4 Å². The van der Waals surface area contributed by atoms with Crippen molar-refractivity contribution in [1.82, 2.24) is 19.3 Å². The molecule has 4 heterocycles. The summed E-state index contributed by atoms with van der Waals surface area (Å²) in [6.45, 7) is 2.77. The van der Waals surface area contributed by atoms with E-state index in [0.717, 1.165) is 42.2 Å². The van der Waals surface area contributed by atoms with Gasteiger partial charge in [0.25, 0.3) is 5.91 Å². The average molecular weight is 326 g/mol. The molecule has 1 atom stereocenters. The summed E-state index contributed by atoms with van der Waals surface area (Å²) in [6, 6.07) is 5.86. The van der Waals surface area contributed by atoms with Gasteiger partial charge in [-0.3, -0.25) is 4.79 Å². The van der Waals surface area contributed by atoms with Crippen LogP contribution in [0.3, 0.4) is 0 Å².